The lowest BCUT2D eigenvalue weighted by Crippen LogP contribution is -2.64. The summed E-state index contributed by atoms with van der Waals surface area (Å²) in [6.07, 6.45) is 3.94. The number of fused-ring (bicyclic) bond motifs is 3. The number of benzene rings is 1. The van der Waals surface area contributed by atoms with E-state index in [0.717, 1.165) is 11.1 Å². The number of hydrogen-bond acceptors (Lipinski definition) is 13. The second-order valence-corrected chi connectivity index (χ2v) is 19.4. The molecule has 1 amide bonds. The van der Waals surface area contributed by atoms with Gasteiger partial charge >= 0.3 is 11.9 Å². The molecule has 0 spiro atoms. The molecule has 5 rings (SSSR count). The number of nitrogens with zero attached hydrogens (tertiary/aromatic N) is 1. The summed E-state index contributed by atoms with van der Waals surface area (Å²) in [4.78, 5) is 69.9. The summed E-state index contributed by atoms with van der Waals surface area (Å²) < 4.78 is 36.6. The number of ketones is 2. The van der Waals surface area contributed by atoms with Crippen molar-refractivity contribution >= 4 is 29.4 Å². The second-order valence-electron chi connectivity index (χ2n) is 19.4. The van der Waals surface area contributed by atoms with E-state index in [4.69, 9.17) is 28.4 Å². The average Bonchev–Trinajstić information content (AvgIpc) is 3.30. The van der Waals surface area contributed by atoms with Crippen molar-refractivity contribution in [1.82, 2.24) is 4.90 Å². The van der Waals surface area contributed by atoms with Crippen molar-refractivity contribution in [3.8, 4) is 0 Å². The SMILES string of the molecule is CCC1/C=C(\C)CC(C)CC(OC)C2OC(O)(C(=O)C(=O)N3CCCCC3C(=O)OC(C(C)=CC3CCC(OCc4cccc(C(=O)O)c4)C(OC)C3)C(C)C(O)CC1=O)C(C)CC2OC. The second kappa shape index (κ2) is 23.9. The Labute approximate surface area is 390 Å². The number of amides is 1. The van der Waals surface area contributed by atoms with Crippen LogP contribution in [0.2, 0.25) is 0 Å². The van der Waals surface area contributed by atoms with E-state index in [2.05, 4.69) is 0 Å². The number of rotatable bonds is 10. The highest BCUT2D eigenvalue weighted by atomic mass is 16.7. The zero-order chi connectivity index (χ0) is 48.5. The normalized spacial score (nSPS) is 37.0. The van der Waals surface area contributed by atoms with E-state index in [-0.39, 0.29) is 67.8 Å². The van der Waals surface area contributed by atoms with Crippen LogP contribution >= 0.6 is 0 Å². The first-order valence-electron chi connectivity index (χ1n) is 23.9. The fourth-order valence-electron chi connectivity index (χ4n) is 10.6. The van der Waals surface area contributed by atoms with Crippen molar-refractivity contribution in [2.75, 3.05) is 27.9 Å². The van der Waals surface area contributed by atoms with Crippen LogP contribution < -0.4 is 0 Å². The Balaban J connectivity index is 1.46. The number of hydrogen-bond donors (Lipinski definition) is 3. The fourth-order valence-corrected chi connectivity index (χ4v) is 10.6. The predicted molar refractivity (Wildman–Crippen MR) is 244 cm³/mol. The molecule has 1 saturated carbocycles. The van der Waals surface area contributed by atoms with E-state index in [9.17, 15) is 39.3 Å². The van der Waals surface area contributed by atoms with Crippen molar-refractivity contribution in [3.63, 3.8) is 0 Å². The van der Waals surface area contributed by atoms with Gasteiger partial charge in [-0.2, -0.15) is 0 Å². The first-order chi connectivity index (χ1) is 31.3. The lowest BCUT2D eigenvalue weighted by Gasteiger charge is -2.47. The minimum atomic E-state index is -2.53. The van der Waals surface area contributed by atoms with E-state index in [1.807, 2.05) is 45.9 Å². The van der Waals surface area contributed by atoms with Gasteiger partial charge in [-0.3, -0.25) is 14.4 Å². The molecule has 368 valence electrons. The first-order valence-corrected chi connectivity index (χ1v) is 23.9. The van der Waals surface area contributed by atoms with Crippen LogP contribution in [0.3, 0.4) is 0 Å². The maximum absolute atomic E-state index is 14.5. The van der Waals surface area contributed by atoms with Gasteiger partial charge in [0.15, 0.2) is 0 Å². The summed E-state index contributed by atoms with van der Waals surface area (Å²) in [7, 11) is 4.67. The number of Topliss-reactive ketones (excluding diaryl/α,β-unsaturated/α-hetero) is 2. The Morgan fingerprint density at radius 3 is 2.29 bits per heavy atom. The van der Waals surface area contributed by atoms with Gasteiger partial charge in [0, 0.05) is 52.0 Å². The largest absolute Gasteiger partial charge is 0.478 e. The van der Waals surface area contributed by atoms with Crippen LogP contribution in [0.5, 0.6) is 0 Å². The Kier molecular flexibility index (Phi) is 19.3. The highest BCUT2D eigenvalue weighted by Crippen LogP contribution is 2.39. The zero-order valence-corrected chi connectivity index (χ0v) is 40.4. The standard InChI is InChI=1S/C51H75NO14/c1-10-36-21-29(2)20-30(3)22-43(62-8)46-44(63-9)24-32(5)51(60,66-46)47(55)48(56)52-19-12-11-16-38(52)50(59)65-45(33(6)39(53)27-40(36)54)31(4)23-34-17-18-41(42(26-34)61-7)64-28-35-14-13-15-37(25-35)49(57)58/h13-15,21,23,25,30,32-34,36,38-39,41-46,53,60H,10-12,16-20,22,24,26-28H2,1-9H3,(H,57,58)/b29-21+,31-23?. The highest BCUT2D eigenvalue weighted by Gasteiger charge is 2.56. The number of allylic oxidation sites excluding steroid dienone is 3. The molecule has 3 N–H and O–H groups in total. The number of piperidine rings is 1. The van der Waals surface area contributed by atoms with Gasteiger partial charge in [-0.1, -0.05) is 57.6 Å². The van der Waals surface area contributed by atoms with Gasteiger partial charge in [0.1, 0.15) is 24.0 Å². The molecule has 0 radical (unpaired) electrons. The number of carboxylic acid groups (broad SMARTS) is 1. The number of cyclic esters (lactones) is 1. The van der Waals surface area contributed by atoms with Gasteiger partial charge in [-0.05, 0) is 113 Å². The number of carbonyl (C=O) groups excluding carboxylic acids is 4. The summed E-state index contributed by atoms with van der Waals surface area (Å²) in [6.45, 7) is 11.4. The molecular weight excluding hydrogens is 851 g/mol. The number of aromatic carboxylic acids is 1. The molecule has 2 saturated heterocycles. The van der Waals surface area contributed by atoms with Crippen molar-refractivity contribution in [3.05, 3.63) is 58.7 Å². The van der Waals surface area contributed by atoms with Crippen molar-refractivity contribution < 1.29 is 67.7 Å². The Bertz CT molecular complexity index is 1910. The van der Waals surface area contributed by atoms with E-state index < -0.39 is 83.7 Å². The van der Waals surface area contributed by atoms with Crippen LogP contribution in [-0.2, 0) is 54.2 Å². The van der Waals surface area contributed by atoms with Gasteiger partial charge in [-0.15, -0.1) is 0 Å². The van der Waals surface area contributed by atoms with E-state index in [0.29, 0.717) is 56.9 Å². The van der Waals surface area contributed by atoms with Gasteiger partial charge in [0.2, 0.25) is 5.79 Å². The van der Waals surface area contributed by atoms with Crippen molar-refractivity contribution in [2.24, 2.45) is 29.6 Å². The van der Waals surface area contributed by atoms with E-state index in [1.54, 1.807) is 33.1 Å². The van der Waals surface area contributed by atoms with Crippen LogP contribution in [0.15, 0.2) is 47.6 Å². The van der Waals surface area contributed by atoms with Crippen LogP contribution in [0.25, 0.3) is 0 Å². The highest BCUT2D eigenvalue weighted by molar-refractivity contribution is 6.39. The molecule has 66 heavy (non-hydrogen) atoms. The minimum absolute atomic E-state index is 0.0159. The molecule has 1 aromatic carbocycles. The van der Waals surface area contributed by atoms with Crippen LogP contribution in [-0.4, -0.2) is 132 Å². The summed E-state index contributed by atoms with van der Waals surface area (Å²) in [6, 6.07) is 5.45. The van der Waals surface area contributed by atoms with E-state index >= 15 is 0 Å². The number of aliphatic hydroxyl groups is 2. The minimum Gasteiger partial charge on any atom is -0.478 e. The number of carbonyl (C=O) groups is 5. The van der Waals surface area contributed by atoms with Crippen molar-refractivity contribution in [1.29, 1.82) is 0 Å². The number of carboxylic acids is 1. The quantitative estimate of drug-likeness (QED) is 0.132. The molecule has 14 unspecified atom stereocenters. The van der Waals surface area contributed by atoms with Gasteiger partial charge in [0.25, 0.3) is 11.7 Å². The van der Waals surface area contributed by atoms with Crippen LogP contribution in [0, 0.1) is 29.6 Å². The lowest BCUT2D eigenvalue weighted by molar-refractivity contribution is -0.302. The molecule has 0 aromatic heterocycles. The molecule has 15 heteroatoms. The smallest absolute Gasteiger partial charge is 0.335 e. The molecule has 1 aliphatic carbocycles. The number of esters is 1. The zero-order valence-electron chi connectivity index (χ0n) is 40.4. The summed E-state index contributed by atoms with van der Waals surface area (Å²) in [5, 5.41) is 33.4. The summed E-state index contributed by atoms with van der Waals surface area (Å²) in [5.74, 6) is -8.75. The molecule has 3 fully saturated rings. The Hall–Kier alpha value is -3.83. The third-order valence-corrected chi connectivity index (χ3v) is 14.5. The number of aliphatic hydroxyl groups excluding tert-OH is 1. The maximum Gasteiger partial charge on any atom is 0.335 e. The topological polar surface area (TPSA) is 205 Å². The predicted octanol–water partition coefficient (Wildman–Crippen LogP) is 6.40. The molecule has 15 nitrogen and oxygen atoms in total. The summed E-state index contributed by atoms with van der Waals surface area (Å²) in [5.41, 5.74) is 2.54. The Morgan fingerprint density at radius 1 is 0.924 bits per heavy atom. The average molecular weight is 926 g/mol. The Morgan fingerprint density at radius 2 is 1.62 bits per heavy atom. The molecule has 2 bridgehead atoms. The number of methoxy groups -OCH3 is 3. The van der Waals surface area contributed by atoms with E-state index in [1.165, 1.54) is 25.2 Å². The molecular formula is C51H75NO14. The van der Waals surface area contributed by atoms with Crippen molar-refractivity contribution in [2.45, 2.75) is 173 Å². The van der Waals surface area contributed by atoms with Crippen LogP contribution in [0.1, 0.15) is 128 Å². The maximum atomic E-state index is 14.5. The van der Waals surface area contributed by atoms with Gasteiger partial charge in [-0.25, -0.2) is 9.59 Å². The number of ether oxygens (including phenoxy) is 6. The lowest BCUT2D eigenvalue weighted by atomic mass is 9.81. The first kappa shape index (κ1) is 53.1. The third kappa shape index (κ3) is 12.8. The molecule has 3 heterocycles. The van der Waals surface area contributed by atoms with Gasteiger partial charge in [0.05, 0.1) is 42.7 Å². The van der Waals surface area contributed by atoms with Gasteiger partial charge < -0.3 is 48.6 Å². The fraction of sp³-hybridized carbons (Fsp3) is 0.706. The molecule has 1 aromatic rings. The monoisotopic (exact) mass is 926 g/mol. The third-order valence-electron chi connectivity index (χ3n) is 14.5. The molecule has 4 aliphatic rings. The van der Waals surface area contributed by atoms with Crippen LogP contribution in [0.4, 0.5) is 0 Å². The molecule has 3 aliphatic heterocycles. The molecule has 14 atom stereocenters. The summed E-state index contributed by atoms with van der Waals surface area (Å²) >= 11 is 0.